The van der Waals surface area contributed by atoms with Crippen LogP contribution in [0.15, 0.2) is 47.4 Å². The van der Waals surface area contributed by atoms with Gasteiger partial charge in [0, 0.05) is 22.2 Å². The van der Waals surface area contributed by atoms with E-state index in [1.807, 2.05) is 6.07 Å². The summed E-state index contributed by atoms with van der Waals surface area (Å²) in [7, 11) is 0. The van der Waals surface area contributed by atoms with Gasteiger partial charge in [0.15, 0.2) is 0 Å². The molecule has 0 bridgehead atoms. The summed E-state index contributed by atoms with van der Waals surface area (Å²) in [4.78, 5) is 24.3. The van der Waals surface area contributed by atoms with Crippen molar-refractivity contribution in [1.29, 1.82) is 0 Å². The molecule has 0 spiro atoms. The summed E-state index contributed by atoms with van der Waals surface area (Å²) >= 11 is 13.4. The first-order valence-electron chi connectivity index (χ1n) is 6.74. The van der Waals surface area contributed by atoms with Crippen LogP contribution in [0.4, 0.5) is 0 Å². The maximum Gasteiger partial charge on any atom is 0.252 e. The predicted molar refractivity (Wildman–Crippen MR) is 94.5 cm³/mol. The molecule has 0 aliphatic heterocycles. The summed E-state index contributed by atoms with van der Waals surface area (Å²) < 4.78 is 0. The van der Waals surface area contributed by atoms with E-state index in [-0.39, 0.29) is 17.0 Å². The molecule has 2 aromatic carbocycles. The maximum atomic E-state index is 12.1. The van der Waals surface area contributed by atoms with Crippen molar-refractivity contribution in [2.24, 2.45) is 5.73 Å². The third kappa shape index (κ3) is 4.89. The first-order valence-corrected chi connectivity index (χ1v) is 8.48. The lowest BCUT2D eigenvalue weighted by molar-refractivity contribution is 0.0938. The normalized spacial score (nSPS) is 10.3. The number of primary amides is 1. The minimum Gasteiger partial charge on any atom is -0.366 e. The van der Waals surface area contributed by atoms with E-state index in [1.54, 1.807) is 30.3 Å². The second-order valence-corrected chi connectivity index (χ2v) is 6.57. The standard InChI is InChI=1S/C16H14Cl2N2O2S/c17-10-5-6-14(13(18)9-10)23-8-7-20-16(22)12-4-2-1-3-11(12)15(19)21/h1-6,9H,7-8H2,(H2,19,21)(H,20,22). The number of thioether (sulfide) groups is 1. The Morgan fingerprint density at radius 3 is 2.43 bits per heavy atom. The number of amides is 2. The molecule has 23 heavy (non-hydrogen) atoms. The molecule has 120 valence electrons. The summed E-state index contributed by atoms with van der Waals surface area (Å²) in [6.07, 6.45) is 0. The molecule has 3 N–H and O–H groups in total. The molecular formula is C16H14Cl2N2O2S. The highest BCUT2D eigenvalue weighted by Crippen LogP contribution is 2.29. The lowest BCUT2D eigenvalue weighted by Gasteiger charge is -2.08. The zero-order valence-electron chi connectivity index (χ0n) is 12.0. The van der Waals surface area contributed by atoms with Gasteiger partial charge in [0.1, 0.15) is 0 Å². The molecule has 2 rings (SSSR count). The number of rotatable bonds is 6. The highest BCUT2D eigenvalue weighted by atomic mass is 35.5. The van der Waals surface area contributed by atoms with Crippen LogP contribution >= 0.6 is 35.0 Å². The number of carbonyl (C=O) groups is 2. The summed E-state index contributed by atoms with van der Waals surface area (Å²) in [5.74, 6) is -0.327. The molecule has 0 saturated carbocycles. The van der Waals surface area contributed by atoms with Crippen LogP contribution < -0.4 is 11.1 Å². The average molecular weight is 369 g/mol. The van der Waals surface area contributed by atoms with Gasteiger partial charge in [0.05, 0.1) is 16.1 Å². The van der Waals surface area contributed by atoms with Gasteiger partial charge in [-0.3, -0.25) is 9.59 Å². The van der Waals surface area contributed by atoms with Gasteiger partial charge < -0.3 is 11.1 Å². The topological polar surface area (TPSA) is 72.2 Å². The highest BCUT2D eigenvalue weighted by Gasteiger charge is 2.13. The first kappa shape index (κ1) is 17.7. The van der Waals surface area contributed by atoms with Crippen LogP contribution in [0.25, 0.3) is 0 Å². The number of nitrogens with one attached hydrogen (secondary N) is 1. The SMILES string of the molecule is NC(=O)c1ccccc1C(=O)NCCSc1ccc(Cl)cc1Cl. The van der Waals surface area contributed by atoms with Crippen molar-refractivity contribution in [2.45, 2.75) is 4.90 Å². The van der Waals surface area contributed by atoms with Gasteiger partial charge >= 0.3 is 0 Å². The fourth-order valence-electron chi connectivity index (χ4n) is 1.91. The fourth-order valence-corrected chi connectivity index (χ4v) is 3.27. The van der Waals surface area contributed by atoms with Crippen molar-refractivity contribution in [1.82, 2.24) is 5.32 Å². The molecule has 4 nitrogen and oxygen atoms in total. The van der Waals surface area contributed by atoms with Crippen LogP contribution in [0.2, 0.25) is 10.0 Å². The van der Waals surface area contributed by atoms with E-state index in [0.717, 1.165) is 4.90 Å². The molecule has 0 aromatic heterocycles. The predicted octanol–water partition coefficient (Wildman–Crippen LogP) is 3.61. The molecule has 0 aliphatic rings. The Labute approximate surface area is 148 Å². The third-order valence-corrected chi connectivity index (χ3v) is 4.71. The monoisotopic (exact) mass is 368 g/mol. The van der Waals surface area contributed by atoms with Gasteiger partial charge in [0.2, 0.25) is 5.91 Å². The van der Waals surface area contributed by atoms with Crippen molar-refractivity contribution in [2.75, 3.05) is 12.3 Å². The smallest absolute Gasteiger partial charge is 0.252 e. The molecule has 0 aliphatic carbocycles. The molecule has 0 radical (unpaired) electrons. The van der Waals surface area contributed by atoms with Gasteiger partial charge in [-0.2, -0.15) is 0 Å². The second-order valence-electron chi connectivity index (χ2n) is 4.59. The quantitative estimate of drug-likeness (QED) is 0.604. The number of benzene rings is 2. The zero-order chi connectivity index (χ0) is 16.8. The molecule has 0 fully saturated rings. The van der Waals surface area contributed by atoms with E-state index in [0.29, 0.717) is 22.3 Å². The summed E-state index contributed by atoms with van der Waals surface area (Å²) in [6.45, 7) is 0.426. The van der Waals surface area contributed by atoms with E-state index >= 15 is 0 Å². The van der Waals surface area contributed by atoms with Gasteiger partial charge in [-0.25, -0.2) is 0 Å². The lowest BCUT2D eigenvalue weighted by atomic mass is 10.1. The molecule has 7 heteroatoms. The minimum atomic E-state index is -0.627. The molecule has 0 saturated heterocycles. The Morgan fingerprint density at radius 1 is 1.09 bits per heavy atom. The minimum absolute atomic E-state index is 0.207. The Bertz CT molecular complexity index is 738. The van der Waals surface area contributed by atoms with Crippen LogP contribution in [0.1, 0.15) is 20.7 Å². The van der Waals surface area contributed by atoms with E-state index in [1.165, 1.54) is 17.8 Å². The second kappa shape index (κ2) is 8.24. The van der Waals surface area contributed by atoms with Gasteiger partial charge in [0.25, 0.3) is 5.91 Å². The third-order valence-electron chi connectivity index (χ3n) is 2.98. The number of carbonyl (C=O) groups excluding carboxylic acids is 2. The Hall–Kier alpha value is -1.69. The molecular weight excluding hydrogens is 355 g/mol. The first-order chi connectivity index (χ1) is 11.0. The van der Waals surface area contributed by atoms with Crippen molar-refractivity contribution >= 4 is 46.8 Å². The van der Waals surface area contributed by atoms with Crippen LogP contribution in [0, 0.1) is 0 Å². The van der Waals surface area contributed by atoms with Crippen molar-refractivity contribution in [3.05, 3.63) is 63.6 Å². The Morgan fingerprint density at radius 2 is 1.78 bits per heavy atom. The summed E-state index contributed by atoms with van der Waals surface area (Å²) in [5, 5.41) is 3.91. The van der Waals surface area contributed by atoms with E-state index < -0.39 is 5.91 Å². The summed E-state index contributed by atoms with van der Waals surface area (Å²) in [6, 6.07) is 11.7. The fraction of sp³-hybridized carbons (Fsp3) is 0.125. The summed E-state index contributed by atoms with van der Waals surface area (Å²) in [5.41, 5.74) is 5.74. The number of hydrogen-bond acceptors (Lipinski definition) is 3. The number of nitrogens with two attached hydrogens (primary N) is 1. The van der Waals surface area contributed by atoms with Crippen LogP contribution in [-0.4, -0.2) is 24.1 Å². The van der Waals surface area contributed by atoms with Crippen molar-refractivity contribution in [3.8, 4) is 0 Å². The molecule has 0 heterocycles. The van der Waals surface area contributed by atoms with Gasteiger partial charge in [-0.05, 0) is 30.3 Å². The van der Waals surface area contributed by atoms with Crippen LogP contribution in [-0.2, 0) is 0 Å². The Balaban J connectivity index is 1.89. The highest BCUT2D eigenvalue weighted by molar-refractivity contribution is 7.99. The lowest BCUT2D eigenvalue weighted by Crippen LogP contribution is -2.28. The van der Waals surface area contributed by atoms with E-state index in [9.17, 15) is 9.59 Å². The largest absolute Gasteiger partial charge is 0.366 e. The van der Waals surface area contributed by atoms with E-state index in [4.69, 9.17) is 28.9 Å². The number of halogens is 2. The molecule has 2 amide bonds. The van der Waals surface area contributed by atoms with Crippen LogP contribution in [0.5, 0.6) is 0 Å². The zero-order valence-corrected chi connectivity index (χ0v) is 14.3. The molecule has 0 unspecified atom stereocenters. The molecule has 0 atom stereocenters. The van der Waals surface area contributed by atoms with E-state index in [2.05, 4.69) is 5.32 Å². The van der Waals surface area contributed by atoms with Crippen molar-refractivity contribution in [3.63, 3.8) is 0 Å². The number of hydrogen-bond donors (Lipinski definition) is 2. The average Bonchev–Trinajstić information content (AvgIpc) is 2.53. The van der Waals surface area contributed by atoms with Crippen LogP contribution in [0.3, 0.4) is 0 Å². The van der Waals surface area contributed by atoms with Gasteiger partial charge in [-0.15, -0.1) is 11.8 Å². The maximum absolute atomic E-state index is 12.1. The van der Waals surface area contributed by atoms with Crippen molar-refractivity contribution < 1.29 is 9.59 Å². The van der Waals surface area contributed by atoms with Gasteiger partial charge in [-0.1, -0.05) is 35.3 Å². The Kier molecular flexibility index (Phi) is 6.33. The molecule has 2 aromatic rings.